The van der Waals surface area contributed by atoms with E-state index in [-0.39, 0.29) is 6.04 Å². The predicted molar refractivity (Wildman–Crippen MR) is 72.7 cm³/mol. The average molecular weight is 285 g/mol. The molecule has 2 aromatic rings. The number of aromatic nitrogens is 1. The summed E-state index contributed by atoms with van der Waals surface area (Å²) in [6.07, 6.45) is 0. The molecular formula is C13H11Cl2FN2. The minimum absolute atomic E-state index is 0.120. The standard InChI is InChI=1S/C13H11Cl2FN2/c1-8(10-7-9(14)5-6-11(10)15)17-13-4-2-3-12(16)18-13/h2-8H,1H3,(H,17,18). The lowest BCUT2D eigenvalue weighted by molar-refractivity contribution is 0.584. The third kappa shape index (κ3) is 3.12. The van der Waals surface area contributed by atoms with Gasteiger partial charge in [-0.25, -0.2) is 4.98 Å². The number of hydrogen-bond acceptors (Lipinski definition) is 2. The molecule has 0 spiro atoms. The minimum atomic E-state index is -0.524. The highest BCUT2D eigenvalue weighted by Crippen LogP contribution is 2.28. The molecule has 2 nitrogen and oxygen atoms in total. The molecule has 0 amide bonds. The van der Waals surface area contributed by atoms with E-state index in [0.29, 0.717) is 15.9 Å². The van der Waals surface area contributed by atoms with E-state index in [2.05, 4.69) is 10.3 Å². The van der Waals surface area contributed by atoms with Gasteiger partial charge in [-0.2, -0.15) is 4.39 Å². The first-order chi connectivity index (χ1) is 8.56. The van der Waals surface area contributed by atoms with E-state index >= 15 is 0 Å². The summed E-state index contributed by atoms with van der Waals surface area (Å²) in [5.74, 6) is -0.0667. The number of hydrogen-bond donors (Lipinski definition) is 1. The summed E-state index contributed by atoms with van der Waals surface area (Å²) in [5, 5.41) is 4.29. The van der Waals surface area contributed by atoms with Crippen molar-refractivity contribution in [2.75, 3.05) is 5.32 Å². The molecule has 1 unspecified atom stereocenters. The van der Waals surface area contributed by atoms with Gasteiger partial charge < -0.3 is 5.32 Å². The minimum Gasteiger partial charge on any atom is -0.363 e. The Morgan fingerprint density at radius 2 is 2.00 bits per heavy atom. The van der Waals surface area contributed by atoms with Crippen molar-refractivity contribution in [3.63, 3.8) is 0 Å². The molecule has 1 heterocycles. The van der Waals surface area contributed by atoms with Crippen molar-refractivity contribution in [3.05, 3.63) is 58.0 Å². The lowest BCUT2D eigenvalue weighted by Gasteiger charge is -2.16. The van der Waals surface area contributed by atoms with Gasteiger partial charge in [0, 0.05) is 10.0 Å². The summed E-state index contributed by atoms with van der Waals surface area (Å²) in [7, 11) is 0. The number of rotatable bonds is 3. The molecule has 0 fully saturated rings. The molecule has 0 aliphatic carbocycles. The molecule has 2 rings (SSSR count). The second-order valence-corrected chi connectivity index (χ2v) is 4.72. The van der Waals surface area contributed by atoms with Crippen LogP contribution in [0.3, 0.4) is 0 Å². The van der Waals surface area contributed by atoms with Crippen molar-refractivity contribution >= 4 is 29.0 Å². The molecule has 0 bridgehead atoms. The van der Waals surface area contributed by atoms with Crippen molar-refractivity contribution in [3.8, 4) is 0 Å². The van der Waals surface area contributed by atoms with Gasteiger partial charge in [0.15, 0.2) is 0 Å². The van der Waals surface area contributed by atoms with Gasteiger partial charge in [0.05, 0.1) is 6.04 Å². The van der Waals surface area contributed by atoms with Gasteiger partial charge in [-0.15, -0.1) is 0 Å². The number of pyridine rings is 1. The first-order valence-corrected chi connectivity index (χ1v) is 6.16. The van der Waals surface area contributed by atoms with Gasteiger partial charge in [-0.1, -0.05) is 29.3 Å². The van der Waals surface area contributed by atoms with Crippen LogP contribution >= 0.6 is 23.2 Å². The number of nitrogens with zero attached hydrogens (tertiary/aromatic N) is 1. The molecule has 1 aromatic heterocycles. The van der Waals surface area contributed by atoms with Crippen LogP contribution in [-0.2, 0) is 0 Å². The van der Waals surface area contributed by atoms with Crippen LogP contribution < -0.4 is 5.32 Å². The van der Waals surface area contributed by atoms with Crippen molar-refractivity contribution in [1.82, 2.24) is 4.98 Å². The van der Waals surface area contributed by atoms with E-state index < -0.39 is 5.95 Å². The Bertz CT molecular complexity index is 560. The number of nitrogens with one attached hydrogen (secondary N) is 1. The Morgan fingerprint density at radius 3 is 2.72 bits per heavy atom. The third-order valence-corrected chi connectivity index (χ3v) is 3.08. The Labute approximate surface area is 115 Å². The molecule has 18 heavy (non-hydrogen) atoms. The molecule has 0 radical (unpaired) electrons. The van der Waals surface area contributed by atoms with Crippen LogP contribution in [0, 0.1) is 5.95 Å². The molecule has 1 N–H and O–H groups in total. The summed E-state index contributed by atoms with van der Waals surface area (Å²) in [6, 6.07) is 9.69. The van der Waals surface area contributed by atoms with Crippen LogP contribution in [0.25, 0.3) is 0 Å². The Hall–Kier alpha value is -1.32. The normalized spacial score (nSPS) is 12.2. The molecular weight excluding hydrogens is 274 g/mol. The second-order valence-electron chi connectivity index (χ2n) is 3.88. The molecule has 94 valence electrons. The van der Waals surface area contributed by atoms with E-state index in [9.17, 15) is 4.39 Å². The van der Waals surface area contributed by atoms with Crippen molar-refractivity contribution in [1.29, 1.82) is 0 Å². The quantitative estimate of drug-likeness (QED) is 0.827. The van der Waals surface area contributed by atoms with E-state index in [1.165, 1.54) is 6.07 Å². The Morgan fingerprint density at radius 1 is 1.22 bits per heavy atom. The van der Waals surface area contributed by atoms with E-state index in [0.717, 1.165) is 5.56 Å². The topological polar surface area (TPSA) is 24.9 Å². The largest absolute Gasteiger partial charge is 0.363 e. The van der Waals surface area contributed by atoms with Gasteiger partial charge in [0.2, 0.25) is 5.95 Å². The van der Waals surface area contributed by atoms with Gasteiger partial charge in [0.1, 0.15) is 5.82 Å². The van der Waals surface area contributed by atoms with Crippen LogP contribution in [-0.4, -0.2) is 4.98 Å². The molecule has 0 aliphatic heterocycles. The summed E-state index contributed by atoms with van der Waals surface area (Å²) in [4.78, 5) is 3.74. The maximum atomic E-state index is 13.0. The fourth-order valence-electron chi connectivity index (χ4n) is 1.63. The van der Waals surface area contributed by atoms with Gasteiger partial charge in [-0.05, 0) is 42.8 Å². The summed E-state index contributed by atoms with van der Waals surface area (Å²) >= 11 is 12.0. The molecule has 1 atom stereocenters. The molecule has 0 saturated heterocycles. The lowest BCUT2D eigenvalue weighted by atomic mass is 10.1. The fourth-order valence-corrected chi connectivity index (χ4v) is 2.10. The second kappa shape index (κ2) is 5.55. The fraction of sp³-hybridized carbons (Fsp3) is 0.154. The smallest absolute Gasteiger partial charge is 0.214 e. The summed E-state index contributed by atoms with van der Waals surface area (Å²) in [5.41, 5.74) is 0.843. The zero-order valence-electron chi connectivity index (χ0n) is 9.62. The first kappa shape index (κ1) is 13.1. The van der Waals surface area contributed by atoms with Gasteiger partial charge >= 0.3 is 0 Å². The van der Waals surface area contributed by atoms with E-state index in [1.54, 1.807) is 30.3 Å². The highest BCUT2D eigenvalue weighted by molar-refractivity contribution is 6.33. The van der Waals surface area contributed by atoms with E-state index in [1.807, 2.05) is 6.92 Å². The van der Waals surface area contributed by atoms with Gasteiger partial charge in [0.25, 0.3) is 0 Å². The summed E-state index contributed by atoms with van der Waals surface area (Å²) < 4.78 is 13.0. The number of anilines is 1. The predicted octanol–water partition coefficient (Wildman–Crippen LogP) is 4.70. The highest BCUT2D eigenvalue weighted by Gasteiger charge is 2.11. The molecule has 0 saturated carbocycles. The molecule has 5 heteroatoms. The first-order valence-electron chi connectivity index (χ1n) is 5.40. The van der Waals surface area contributed by atoms with Crippen LogP contribution in [0.5, 0.6) is 0 Å². The van der Waals surface area contributed by atoms with Crippen LogP contribution in [0.15, 0.2) is 36.4 Å². The number of halogens is 3. The Balaban J connectivity index is 2.21. The number of benzene rings is 1. The third-order valence-electron chi connectivity index (χ3n) is 2.50. The van der Waals surface area contributed by atoms with Crippen LogP contribution in [0.2, 0.25) is 10.0 Å². The maximum Gasteiger partial charge on any atom is 0.214 e. The zero-order valence-corrected chi connectivity index (χ0v) is 11.1. The SMILES string of the molecule is CC(Nc1cccc(F)n1)c1cc(Cl)ccc1Cl. The van der Waals surface area contributed by atoms with E-state index in [4.69, 9.17) is 23.2 Å². The van der Waals surface area contributed by atoms with Crippen molar-refractivity contribution in [2.45, 2.75) is 13.0 Å². The highest BCUT2D eigenvalue weighted by atomic mass is 35.5. The van der Waals surface area contributed by atoms with Crippen molar-refractivity contribution in [2.24, 2.45) is 0 Å². The lowest BCUT2D eigenvalue weighted by Crippen LogP contribution is -2.08. The average Bonchev–Trinajstić information content (AvgIpc) is 2.32. The summed E-state index contributed by atoms with van der Waals surface area (Å²) in [6.45, 7) is 1.91. The molecule has 0 aliphatic rings. The Kier molecular flexibility index (Phi) is 4.04. The van der Waals surface area contributed by atoms with Crippen LogP contribution in [0.4, 0.5) is 10.2 Å². The monoisotopic (exact) mass is 284 g/mol. The van der Waals surface area contributed by atoms with Crippen LogP contribution in [0.1, 0.15) is 18.5 Å². The van der Waals surface area contributed by atoms with Crippen molar-refractivity contribution < 1.29 is 4.39 Å². The zero-order chi connectivity index (χ0) is 13.1. The van der Waals surface area contributed by atoms with Gasteiger partial charge in [-0.3, -0.25) is 0 Å². The molecule has 1 aromatic carbocycles. The maximum absolute atomic E-state index is 13.0.